The van der Waals surface area contributed by atoms with Crippen LogP contribution in [-0.4, -0.2) is 48.7 Å². The van der Waals surface area contributed by atoms with E-state index in [-0.39, 0.29) is 17.7 Å². The Kier molecular flexibility index (Phi) is 6.60. The van der Waals surface area contributed by atoms with Gasteiger partial charge >= 0.3 is 6.09 Å². The van der Waals surface area contributed by atoms with Crippen molar-refractivity contribution in [3.63, 3.8) is 0 Å². The van der Waals surface area contributed by atoms with Gasteiger partial charge in [0.15, 0.2) is 8.32 Å². The maximum absolute atomic E-state index is 13.3. The Hall–Kier alpha value is -1.89. The van der Waals surface area contributed by atoms with E-state index in [1.807, 2.05) is 42.5 Å². The second-order valence-corrected chi connectivity index (χ2v) is 14.7. The third-order valence-electron chi connectivity index (χ3n) is 6.75. The van der Waals surface area contributed by atoms with E-state index in [0.29, 0.717) is 19.4 Å². The minimum absolute atomic E-state index is 0.0856. The smallest absolute Gasteiger partial charge is 0.411 e. The Morgan fingerprint density at radius 3 is 2.53 bits per heavy atom. The molecule has 0 fully saturated rings. The van der Waals surface area contributed by atoms with E-state index in [1.54, 1.807) is 11.0 Å². The van der Waals surface area contributed by atoms with Crippen LogP contribution in [0.15, 0.2) is 54.6 Å². The van der Waals surface area contributed by atoms with Gasteiger partial charge in [0.25, 0.3) is 0 Å². The molecule has 1 spiro atoms. The van der Waals surface area contributed by atoms with E-state index in [0.717, 1.165) is 5.56 Å². The van der Waals surface area contributed by atoms with E-state index in [1.165, 1.54) is 0 Å². The molecule has 1 aliphatic carbocycles. The standard InChI is InChI=1S/C24H35NO4Si/c1-23(2,3)30(4,5)29-18-20-13-9-15-24(16-10-14-21(24)26)25(20)22(27)28-17-19-11-7-6-8-12-19/h6-12,14-15,20-21,26H,13,16-18H2,1-5H3/t20-,21-,24-/m1/s1. The average Bonchev–Trinajstić information content (AvgIpc) is 3.05. The Labute approximate surface area is 181 Å². The number of hydrogen-bond donors (Lipinski definition) is 1. The summed E-state index contributed by atoms with van der Waals surface area (Å²) in [5, 5.41) is 10.9. The summed E-state index contributed by atoms with van der Waals surface area (Å²) in [5.41, 5.74) is 0.139. The molecule has 0 aromatic heterocycles. The Bertz CT molecular complexity index is 799. The molecular weight excluding hydrogens is 394 g/mol. The van der Waals surface area contributed by atoms with Crippen LogP contribution in [-0.2, 0) is 15.8 Å². The molecule has 1 heterocycles. The van der Waals surface area contributed by atoms with Crippen molar-refractivity contribution in [2.45, 2.75) is 76.0 Å². The van der Waals surface area contributed by atoms with Crippen molar-refractivity contribution >= 4 is 14.4 Å². The minimum Gasteiger partial charge on any atom is -0.445 e. The molecule has 3 atom stereocenters. The lowest BCUT2D eigenvalue weighted by Crippen LogP contribution is -2.62. The van der Waals surface area contributed by atoms with Gasteiger partial charge in [-0.3, -0.25) is 4.90 Å². The van der Waals surface area contributed by atoms with Gasteiger partial charge in [0.2, 0.25) is 0 Å². The van der Waals surface area contributed by atoms with E-state index < -0.39 is 26.1 Å². The third kappa shape index (κ3) is 4.56. The van der Waals surface area contributed by atoms with Crippen LogP contribution >= 0.6 is 0 Å². The number of nitrogens with zero attached hydrogens (tertiary/aromatic N) is 1. The summed E-state index contributed by atoms with van der Waals surface area (Å²) in [6.07, 6.45) is 7.82. The molecule has 3 rings (SSSR count). The average molecular weight is 430 g/mol. The first kappa shape index (κ1) is 22.8. The Morgan fingerprint density at radius 2 is 1.93 bits per heavy atom. The normalized spacial score (nSPS) is 26.4. The molecule has 1 N–H and O–H groups in total. The molecule has 6 heteroatoms. The monoisotopic (exact) mass is 429 g/mol. The fourth-order valence-electron chi connectivity index (χ4n) is 3.81. The van der Waals surface area contributed by atoms with Crippen molar-refractivity contribution < 1.29 is 19.1 Å². The molecule has 0 saturated carbocycles. The summed E-state index contributed by atoms with van der Waals surface area (Å²) >= 11 is 0. The van der Waals surface area contributed by atoms with Crippen LogP contribution in [0.3, 0.4) is 0 Å². The molecule has 1 aliphatic heterocycles. The third-order valence-corrected chi connectivity index (χ3v) is 11.2. The summed E-state index contributed by atoms with van der Waals surface area (Å²) in [4.78, 5) is 15.0. The highest BCUT2D eigenvalue weighted by Gasteiger charge is 2.50. The zero-order valence-electron chi connectivity index (χ0n) is 18.8. The zero-order valence-corrected chi connectivity index (χ0v) is 19.8. The summed E-state index contributed by atoms with van der Waals surface area (Å²) in [7, 11) is -1.97. The molecule has 2 aliphatic rings. The Balaban J connectivity index is 1.80. The van der Waals surface area contributed by atoms with Gasteiger partial charge in [-0.1, -0.05) is 75.4 Å². The van der Waals surface area contributed by atoms with E-state index in [9.17, 15) is 9.90 Å². The van der Waals surface area contributed by atoms with Crippen LogP contribution in [0.4, 0.5) is 4.79 Å². The quantitative estimate of drug-likeness (QED) is 0.526. The van der Waals surface area contributed by atoms with Gasteiger partial charge in [0.1, 0.15) is 6.61 Å². The van der Waals surface area contributed by atoms with Gasteiger partial charge in [0, 0.05) is 0 Å². The molecule has 0 radical (unpaired) electrons. The number of ether oxygens (including phenoxy) is 1. The van der Waals surface area contributed by atoms with Gasteiger partial charge in [0.05, 0.1) is 24.3 Å². The Morgan fingerprint density at radius 1 is 1.23 bits per heavy atom. The fraction of sp³-hybridized carbons (Fsp3) is 0.542. The number of carbonyl (C=O) groups is 1. The molecule has 164 valence electrons. The molecule has 0 bridgehead atoms. The predicted molar refractivity (Wildman–Crippen MR) is 122 cm³/mol. The number of amides is 1. The van der Waals surface area contributed by atoms with E-state index in [4.69, 9.17) is 9.16 Å². The highest BCUT2D eigenvalue weighted by atomic mass is 28.4. The number of aliphatic hydroxyl groups is 1. The van der Waals surface area contributed by atoms with Gasteiger partial charge in [-0.25, -0.2) is 4.79 Å². The second-order valence-electron chi connectivity index (χ2n) is 9.84. The highest BCUT2D eigenvalue weighted by molar-refractivity contribution is 6.74. The number of rotatable bonds is 5. The molecule has 30 heavy (non-hydrogen) atoms. The second kappa shape index (κ2) is 8.69. The van der Waals surface area contributed by atoms with Crippen LogP contribution in [0, 0.1) is 0 Å². The topological polar surface area (TPSA) is 59.0 Å². The van der Waals surface area contributed by atoms with Crippen molar-refractivity contribution in [1.82, 2.24) is 4.90 Å². The predicted octanol–water partition coefficient (Wildman–Crippen LogP) is 5.04. The minimum atomic E-state index is -1.97. The van der Waals surface area contributed by atoms with Gasteiger partial charge in [-0.2, -0.15) is 0 Å². The molecule has 1 aromatic carbocycles. The zero-order chi connectivity index (χ0) is 22.0. The van der Waals surface area contributed by atoms with Crippen molar-refractivity contribution in [2.75, 3.05) is 6.61 Å². The number of hydrogen-bond acceptors (Lipinski definition) is 4. The van der Waals surface area contributed by atoms with Crippen molar-refractivity contribution in [3.8, 4) is 0 Å². The number of benzene rings is 1. The van der Waals surface area contributed by atoms with Crippen LogP contribution in [0.25, 0.3) is 0 Å². The maximum Gasteiger partial charge on any atom is 0.411 e. The maximum atomic E-state index is 13.3. The number of carbonyl (C=O) groups excluding carboxylic acids is 1. The van der Waals surface area contributed by atoms with Crippen LogP contribution in [0.2, 0.25) is 18.1 Å². The fourth-order valence-corrected chi connectivity index (χ4v) is 4.85. The first-order valence-electron chi connectivity index (χ1n) is 10.7. The SMILES string of the molecule is CC(C)(C)[Si](C)(C)OC[C@H]1CC=C[C@]2(CC=C[C@H]2O)N1C(=O)OCc1ccccc1. The lowest BCUT2D eigenvalue weighted by atomic mass is 9.85. The first-order chi connectivity index (χ1) is 14.1. The van der Waals surface area contributed by atoms with Crippen LogP contribution in [0.1, 0.15) is 39.2 Å². The lowest BCUT2D eigenvalue weighted by molar-refractivity contribution is -0.0178. The molecular formula is C24H35NO4Si. The van der Waals surface area contributed by atoms with E-state index in [2.05, 4.69) is 39.9 Å². The van der Waals surface area contributed by atoms with Crippen molar-refractivity contribution in [3.05, 3.63) is 60.2 Å². The van der Waals surface area contributed by atoms with Gasteiger partial charge in [-0.05, 0) is 36.5 Å². The summed E-state index contributed by atoms with van der Waals surface area (Å²) in [5.74, 6) is 0. The van der Waals surface area contributed by atoms with Gasteiger partial charge < -0.3 is 14.3 Å². The molecule has 1 amide bonds. The van der Waals surface area contributed by atoms with Crippen molar-refractivity contribution in [2.24, 2.45) is 0 Å². The number of aliphatic hydroxyl groups excluding tert-OH is 1. The van der Waals surface area contributed by atoms with E-state index >= 15 is 0 Å². The summed E-state index contributed by atoms with van der Waals surface area (Å²) < 4.78 is 12.2. The van der Waals surface area contributed by atoms with Crippen molar-refractivity contribution in [1.29, 1.82) is 0 Å². The molecule has 0 saturated heterocycles. The summed E-state index contributed by atoms with van der Waals surface area (Å²) in [6, 6.07) is 9.47. The van der Waals surface area contributed by atoms with Gasteiger partial charge in [-0.15, -0.1) is 0 Å². The highest BCUT2D eigenvalue weighted by Crippen LogP contribution is 2.40. The first-order valence-corrected chi connectivity index (χ1v) is 13.6. The largest absolute Gasteiger partial charge is 0.445 e. The van der Waals surface area contributed by atoms with Crippen LogP contribution in [0.5, 0.6) is 0 Å². The molecule has 0 unspecified atom stereocenters. The van der Waals surface area contributed by atoms with Crippen LogP contribution < -0.4 is 0 Å². The molecule has 1 aromatic rings. The summed E-state index contributed by atoms with van der Waals surface area (Å²) in [6.45, 7) is 11.7. The lowest BCUT2D eigenvalue weighted by Gasteiger charge is -2.48. The molecule has 5 nitrogen and oxygen atoms in total.